The van der Waals surface area contributed by atoms with Crippen LogP contribution in [0.3, 0.4) is 0 Å². The van der Waals surface area contributed by atoms with Crippen LogP contribution in [-0.4, -0.2) is 73.8 Å². The van der Waals surface area contributed by atoms with Crippen LogP contribution in [0.25, 0.3) is 0 Å². The normalized spacial score (nSPS) is 12.9. The van der Waals surface area contributed by atoms with E-state index in [4.69, 9.17) is 22.9 Å². The molecule has 0 aliphatic heterocycles. The zero-order chi connectivity index (χ0) is 37.2. The van der Waals surface area contributed by atoms with E-state index in [0.29, 0.717) is 77.5 Å². The van der Waals surface area contributed by atoms with Crippen LogP contribution in [0, 0.1) is 0 Å². The summed E-state index contributed by atoms with van der Waals surface area (Å²) in [5.74, 6) is -1.40. The van der Waals surface area contributed by atoms with E-state index in [0.717, 1.165) is 77.0 Å². The fourth-order valence-corrected chi connectivity index (χ4v) is 5.82. The molecule has 0 aromatic rings. The minimum absolute atomic E-state index is 0.143. The summed E-state index contributed by atoms with van der Waals surface area (Å²) in [6.45, 7) is 3.99. The van der Waals surface area contributed by atoms with Gasteiger partial charge < -0.3 is 44.2 Å². The van der Waals surface area contributed by atoms with E-state index in [1.54, 1.807) is 0 Å². The van der Waals surface area contributed by atoms with E-state index in [1.807, 2.05) is 0 Å². The molecule has 0 spiro atoms. The Morgan fingerprint density at radius 2 is 0.840 bits per heavy atom. The average molecular weight is 711 g/mol. The van der Waals surface area contributed by atoms with Crippen molar-refractivity contribution in [3.8, 4) is 0 Å². The van der Waals surface area contributed by atoms with E-state index in [1.165, 1.54) is 25.7 Å². The summed E-state index contributed by atoms with van der Waals surface area (Å²) in [6, 6.07) is -2.08. The van der Waals surface area contributed by atoms with Crippen LogP contribution < -0.4 is 44.2 Å². The molecule has 12 N–H and O–H groups in total. The molecule has 50 heavy (non-hydrogen) atoms. The summed E-state index contributed by atoms with van der Waals surface area (Å²) in [7, 11) is 0. The van der Waals surface area contributed by atoms with Gasteiger partial charge in [0, 0.05) is 19.4 Å². The van der Waals surface area contributed by atoms with Gasteiger partial charge in [-0.05, 0) is 77.4 Å². The number of carbonyl (C=O) groups excluding carboxylic acids is 5. The number of hydrogen-bond acceptors (Lipinski definition) is 8. The van der Waals surface area contributed by atoms with Crippen molar-refractivity contribution in [1.82, 2.24) is 21.3 Å². The molecule has 13 heteroatoms. The average Bonchev–Trinajstić information content (AvgIpc) is 3.09. The van der Waals surface area contributed by atoms with E-state index < -0.39 is 24.0 Å². The summed E-state index contributed by atoms with van der Waals surface area (Å²) in [5, 5.41) is 11.4. The number of rotatable bonds is 35. The lowest BCUT2D eigenvalue weighted by Gasteiger charge is -2.23. The highest BCUT2D eigenvalue weighted by Gasteiger charge is 2.26. The molecule has 0 aromatic carbocycles. The molecule has 0 aromatic heterocycles. The molecule has 0 rings (SSSR count). The van der Waals surface area contributed by atoms with Crippen molar-refractivity contribution in [3.63, 3.8) is 0 Å². The van der Waals surface area contributed by atoms with Gasteiger partial charge in [-0.1, -0.05) is 90.4 Å². The fourth-order valence-electron chi connectivity index (χ4n) is 5.82. The number of carbonyl (C=O) groups is 5. The maximum atomic E-state index is 13.2. The lowest BCUT2D eigenvalue weighted by molar-refractivity contribution is -0.132. The molecule has 0 fully saturated rings. The third kappa shape index (κ3) is 27.0. The molecule has 0 saturated carbocycles. The molecule has 3 atom stereocenters. The zero-order valence-electron chi connectivity index (χ0n) is 31.4. The smallest absolute Gasteiger partial charge is 0.243 e. The largest absolute Gasteiger partial charge is 0.368 e. The first-order valence-corrected chi connectivity index (χ1v) is 19.8. The standard InChI is InChI=1S/C37H74N8O5/c1-2-3-4-5-9-12-16-25-34(47)44-32(23-20-28-40)37(50)45-31(22-19-27-39)36(49)42-29-17-14-11-8-6-7-10-13-15-24-33(46)43-30(35(41)48)21-18-26-38/h30-32H,2-29,38-40H2,1H3,(H2,41,48)(H,42,49)(H,43,46)(H,44,47)(H,45,50). The topological polar surface area (TPSA) is 238 Å². The zero-order valence-corrected chi connectivity index (χ0v) is 31.4. The SMILES string of the molecule is CCCCCCCCCC(=O)NC(CCCN)C(=O)NC(CCCN)C(=O)NCCCCCCCCCCCC(=O)NC(CCCN)C(N)=O. The number of hydrogen-bond donors (Lipinski definition) is 8. The Hall–Kier alpha value is -2.77. The first-order chi connectivity index (χ1) is 24.2. The van der Waals surface area contributed by atoms with Crippen LogP contribution in [0.15, 0.2) is 0 Å². The molecule has 0 aliphatic rings. The van der Waals surface area contributed by atoms with Crippen molar-refractivity contribution in [2.45, 2.75) is 179 Å². The van der Waals surface area contributed by atoms with Gasteiger partial charge in [-0.25, -0.2) is 0 Å². The summed E-state index contributed by atoms with van der Waals surface area (Å²) in [6.07, 6.45) is 20.8. The van der Waals surface area contributed by atoms with Gasteiger partial charge in [0.2, 0.25) is 29.5 Å². The number of nitrogens with two attached hydrogens (primary N) is 4. The number of amides is 5. The molecule has 0 radical (unpaired) electrons. The van der Waals surface area contributed by atoms with Crippen LogP contribution in [-0.2, 0) is 24.0 Å². The Morgan fingerprint density at radius 1 is 0.460 bits per heavy atom. The summed E-state index contributed by atoms with van der Waals surface area (Å²) < 4.78 is 0. The predicted molar refractivity (Wildman–Crippen MR) is 202 cm³/mol. The first-order valence-electron chi connectivity index (χ1n) is 19.8. The maximum absolute atomic E-state index is 13.2. The van der Waals surface area contributed by atoms with Gasteiger partial charge in [0.25, 0.3) is 0 Å². The molecule has 13 nitrogen and oxygen atoms in total. The van der Waals surface area contributed by atoms with Crippen LogP contribution in [0.2, 0.25) is 0 Å². The van der Waals surface area contributed by atoms with Crippen molar-refractivity contribution in [2.24, 2.45) is 22.9 Å². The predicted octanol–water partition coefficient (Wildman–Crippen LogP) is 3.30. The van der Waals surface area contributed by atoms with Crippen molar-refractivity contribution in [1.29, 1.82) is 0 Å². The summed E-state index contributed by atoms with van der Waals surface area (Å²) in [4.78, 5) is 62.4. The second-order valence-corrected chi connectivity index (χ2v) is 13.6. The Morgan fingerprint density at radius 3 is 1.28 bits per heavy atom. The lowest BCUT2D eigenvalue weighted by Crippen LogP contribution is -2.54. The lowest BCUT2D eigenvalue weighted by atomic mass is 10.1. The van der Waals surface area contributed by atoms with Gasteiger partial charge in [-0.3, -0.25) is 24.0 Å². The highest BCUT2D eigenvalue weighted by molar-refractivity contribution is 5.92. The van der Waals surface area contributed by atoms with Gasteiger partial charge >= 0.3 is 0 Å². The van der Waals surface area contributed by atoms with Gasteiger partial charge in [0.05, 0.1) is 0 Å². The third-order valence-corrected chi connectivity index (χ3v) is 8.94. The Bertz CT molecular complexity index is 907. The number of nitrogens with one attached hydrogen (secondary N) is 4. The van der Waals surface area contributed by atoms with Crippen molar-refractivity contribution in [2.75, 3.05) is 26.2 Å². The molecule has 0 aliphatic carbocycles. The van der Waals surface area contributed by atoms with Crippen molar-refractivity contribution < 1.29 is 24.0 Å². The Balaban J connectivity index is 4.34. The Labute approximate surface area is 302 Å². The van der Waals surface area contributed by atoms with Crippen LogP contribution in [0.5, 0.6) is 0 Å². The van der Waals surface area contributed by atoms with Crippen LogP contribution >= 0.6 is 0 Å². The van der Waals surface area contributed by atoms with Gasteiger partial charge in [0.15, 0.2) is 0 Å². The summed E-state index contributed by atoms with van der Waals surface area (Å²) >= 11 is 0. The number of unbranched alkanes of at least 4 members (excludes halogenated alkanes) is 14. The molecule has 5 amide bonds. The first kappa shape index (κ1) is 47.2. The minimum Gasteiger partial charge on any atom is -0.368 e. The van der Waals surface area contributed by atoms with Crippen LogP contribution in [0.4, 0.5) is 0 Å². The second-order valence-electron chi connectivity index (χ2n) is 13.6. The summed E-state index contributed by atoms with van der Waals surface area (Å²) in [5.41, 5.74) is 22.2. The van der Waals surface area contributed by atoms with Gasteiger partial charge in [-0.2, -0.15) is 0 Å². The van der Waals surface area contributed by atoms with Gasteiger partial charge in [-0.15, -0.1) is 0 Å². The molecular weight excluding hydrogens is 636 g/mol. The molecule has 292 valence electrons. The van der Waals surface area contributed by atoms with Gasteiger partial charge in [0.1, 0.15) is 18.1 Å². The molecule has 3 unspecified atom stereocenters. The molecule has 0 bridgehead atoms. The minimum atomic E-state index is -0.726. The quantitative estimate of drug-likeness (QED) is 0.0453. The highest BCUT2D eigenvalue weighted by atomic mass is 16.2. The Kier molecular flexibility index (Phi) is 31.5. The second kappa shape index (κ2) is 33.4. The molecule has 0 heterocycles. The third-order valence-electron chi connectivity index (χ3n) is 8.94. The van der Waals surface area contributed by atoms with E-state index in [-0.39, 0.29) is 23.6 Å². The number of primary amides is 1. The highest BCUT2D eigenvalue weighted by Crippen LogP contribution is 2.12. The van der Waals surface area contributed by atoms with E-state index >= 15 is 0 Å². The monoisotopic (exact) mass is 711 g/mol. The molecular formula is C37H74N8O5. The van der Waals surface area contributed by atoms with Crippen molar-refractivity contribution in [3.05, 3.63) is 0 Å². The molecule has 0 saturated heterocycles. The fraction of sp³-hybridized carbons (Fsp3) is 0.865. The van der Waals surface area contributed by atoms with E-state index in [9.17, 15) is 24.0 Å². The van der Waals surface area contributed by atoms with Crippen molar-refractivity contribution >= 4 is 29.5 Å². The van der Waals surface area contributed by atoms with E-state index in [2.05, 4.69) is 28.2 Å². The van der Waals surface area contributed by atoms with Crippen LogP contribution in [0.1, 0.15) is 161 Å². The maximum Gasteiger partial charge on any atom is 0.243 e.